The maximum Gasteiger partial charge on any atom is 0.325 e. The number of urea groups is 1. The quantitative estimate of drug-likeness (QED) is 0.819. The molecule has 2 fully saturated rings. The zero-order valence-electron chi connectivity index (χ0n) is 14.5. The predicted molar refractivity (Wildman–Crippen MR) is 92.2 cm³/mol. The molecule has 1 aromatic rings. The highest BCUT2D eigenvalue weighted by Gasteiger charge is 2.55. The van der Waals surface area contributed by atoms with Gasteiger partial charge in [-0.05, 0) is 30.9 Å². The average Bonchev–Trinajstić information content (AvgIpc) is 2.83. The van der Waals surface area contributed by atoms with Crippen LogP contribution in [0.4, 0.5) is 10.5 Å². The van der Waals surface area contributed by atoms with Crippen molar-refractivity contribution in [2.24, 2.45) is 5.92 Å². The second kappa shape index (κ2) is 6.74. The van der Waals surface area contributed by atoms with Gasteiger partial charge >= 0.3 is 6.03 Å². The van der Waals surface area contributed by atoms with E-state index in [1.54, 1.807) is 24.3 Å². The van der Waals surface area contributed by atoms with Crippen LogP contribution in [0.3, 0.4) is 0 Å². The van der Waals surface area contributed by atoms with Gasteiger partial charge in [-0.15, -0.1) is 0 Å². The molecule has 2 N–H and O–H groups in total. The largest absolute Gasteiger partial charge is 0.495 e. The Morgan fingerprint density at radius 1 is 1.36 bits per heavy atom. The first kappa shape index (κ1) is 17.3. The van der Waals surface area contributed by atoms with Crippen molar-refractivity contribution in [3.8, 4) is 5.75 Å². The summed E-state index contributed by atoms with van der Waals surface area (Å²) in [5, 5.41) is 5.54. The van der Waals surface area contributed by atoms with E-state index in [1.165, 1.54) is 7.11 Å². The molecule has 2 unspecified atom stereocenters. The first-order chi connectivity index (χ1) is 12.0. The molecule has 1 aliphatic heterocycles. The summed E-state index contributed by atoms with van der Waals surface area (Å²) >= 11 is 0. The minimum Gasteiger partial charge on any atom is -0.495 e. The lowest BCUT2D eigenvalue weighted by Gasteiger charge is -2.36. The number of hydrogen-bond acceptors (Lipinski definition) is 4. The molecule has 1 heterocycles. The standard InChI is InChI=1S/C18H23N3O4/c1-12-7-5-6-10-18(12)16(23)21(17(24)20-18)11-15(22)19-13-8-3-4-9-14(13)25-2/h3-4,8-9,12H,5-7,10-11H2,1-2H3,(H,19,22)(H,20,24). The normalized spacial score (nSPS) is 25.8. The SMILES string of the molecule is COc1ccccc1NC(=O)CN1C(=O)NC2(CCCCC2C)C1=O. The van der Waals surface area contributed by atoms with Crippen molar-refractivity contribution in [2.45, 2.75) is 38.1 Å². The lowest BCUT2D eigenvalue weighted by molar-refractivity contribution is -0.136. The number of para-hydroxylation sites is 2. The maximum atomic E-state index is 12.9. The summed E-state index contributed by atoms with van der Waals surface area (Å²) in [6, 6.07) is 6.49. The fraction of sp³-hybridized carbons (Fsp3) is 0.500. The van der Waals surface area contributed by atoms with Crippen molar-refractivity contribution in [2.75, 3.05) is 19.0 Å². The lowest BCUT2D eigenvalue weighted by Crippen LogP contribution is -2.54. The van der Waals surface area contributed by atoms with Gasteiger partial charge in [-0.1, -0.05) is 31.9 Å². The van der Waals surface area contributed by atoms with Crippen molar-refractivity contribution in [1.82, 2.24) is 10.2 Å². The van der Waals surface area contributed by atoms with Gasteiger partial charge in [-0.25, -0.2) is 4.79 Å². The van der Waals surface area contributed by atoms with Crippen LogP contribution in [0.15, 0.2) is 24.3 Å². The Balaban J connectivity index is 1.71. The van der Waals surface area contributed by atoms with Gasteiger partial charge in [0, 0.05) is 0 Å². The maximum absolute atomic E-state index is 12.9. The zero-order valence-corrected chi connectivity index (χ0v) is 14.5. The van der Waals surface area contributed by atoms with Gasteiger partial charge in [-0.2, -0.15) is 0 Å². The van der Waals surface area contributed by atoms with E-state index in [4.69, 9.17) is 4.74 Å². The van der Waals surface area contributed by atoms with Crippen LogP contribution in [0.5, 0.6) is 5.75 Å². The molecule has 2 aliphatic rings. The third-order valence-electron chi connectivity index (χ3n) is 5.18. The van der Waals surface area contributed by atoms with Crippen molar-refractivity contribution >= 4 is 23.5 Å². The van der Waals surface area contributed by atoms with Crippen molar-refractivity contribution in [1.29, 1.82) is 0 Å². The molecular weight excluding hydrogens is 322 g/mol. The van der Waals surface area contributed by atoms with E-state index in [9.17, 15) is 14.4 Å². The Morgan fingerprint density at radius 2 is 2.12 bits per heavy atom. The lowest BCUT2D eigenvalue weighted by atomic mass is 9.73. The number of rotatable bonds is 4. The summed E-state index contributed by atoms with van der Waals surface area (Å²) in [6.07, 6.45) is 3.48. The van der Waals surface area contributed by atoms with E-state index in [0.29, 0.717) is 17.9 Å². The van der Waals surface area contributed by atoms with Gasteiger partial charge in [0.05, 0.1) is 12.8 Å². The fourth-order valence-electron chi connectivity index (χ4n) is 3.72. The molecule has 0 bridgehead atoms. The average molecular weight is 345 g/mol. The van der Waals surface area contributed by atoms with Gasteiger partial charge < -0.3 is 15.4 Å². The molecular formula is C18H23N3O4. The molecule has 4 amide bonds. The van der Waals surface area contributed by atoms with E-state index >= 15 is 0 Å². The van der Waals surface area contributed by atoms with Gasteiger partial charge in [-0.3, -0.25) is 14.5 Å². The molecule has 7 nitrogen and oxygen atoms in total. The van der Waals surface area contributed by atoms with E-state index in [1.807, 2.05) is 6.92 Å². The first-order valence-corrected chi connectivity index (χ1v) is 8.55. The molecule has 7 heteroatoms. The topological polar surface area (TPSA) is 87.7 Å². The molecule has 134 valence electrons. The number of amides is 4. The minimum absolute atomic E-state index is 0.0694. The van der Waals surface area contributed by atoms with Crippen LogP contribution in [-0.2, 0) is 9.59 Å². The number of benzene rings is 1. The number of hydrogen-bond donors (Lipinski definition) is 2. The molecule has 1 spiro atoms. The molecule has 0 radical (unpaired) electrons. The van der Waals surface area contributed by atoms with Gasteiger partial charge in [0.1, 0.15) is 17.8 Å². The second-order valence-corrected chi connectivity index (χ2v) is 6.69. The number of imide groups is 1. The Kier molecular flexibility index (Phi) is 4.65. The first-order valence-electron chi connectivity index (χ1n) is 8.55. The highest BCUT2D eigenvalue weighted by atomic mass is 16.5. The van der Waals surface area contributed by atoms with Crippen LogP contribution in [0.2, 0.25) is 0 Å². The van der Waals surface area contributed by atoms with Crippen LogP contribution < -0.4 is 15.4 Å². The van der Waals surface area contributed by atoms with Crippen LogP contribution in [0.25, 0.3) is 0 Å². The number of nitrogens with one attached hydrogen (secondary N) is 2. The minimum atomic E-state index is -0.847. The number of carbonyl (C=O) groups is 3. The summed E-state index contributed by atoms with van der Waals surface area (Å²) in [4.78, 5) is 38.5. The molecule has 1 aromatic carbocycles. The summed E-state index contributed by atoms with van der Waals surface area (Å²) in [5.41, 5.74) is -0.345. The Morgan fingerprint density at radius 3 is 2.84 bits per heavy atom. The number of anilines is 1. The second-order valence-electron chi connectivity index (χ2n) is 6.69. The van der Waals surface area contributed by atoms with Gasteiger partial charge in [0.25, 0.3) is 5.91 Å². The molecule has 1 saturated carbocycles. The molecule has 25 heavy (non-hydrogen) atoms. The third-order valence-corrected chi connectivity index (χ3v) is 5.18. The van der Waals surface area contributed by atoms with Crippen LogP contribution in [-0.4, -0.2) is 41.9 Å². The number of nitrogens with zero attached hydrogens (tertiary/aromatic N) is 1. The molecule has 2 atom stereocenters. The summed E-state index contributed by atoms with van der Waals surface area (Å²) < 4.78 is 5.19. The fourth-order valence-corrected chi connectivity index (χ4v) is 3.72. The highest BCUT2D eigenvalue weighted by molar-refractivity contribution is 6.10. The van der Waals surface area contributed by atoms with E-state index in [0.717, 1.165) is 24.2 Å². The molecule has 1 aliphatic carbocycles. The Labute approximate surface area is 146 Å². The smallest absolute Gasteiger partial charge is 0.325 e. The van der Waals surface area contributed by atoms with Gasteiger partial charge in [0.2, 0.25) is 5.91 Å². The van der Waals surface area contributed by atoms with E-state index in [2.05, 4.69) is 10.6 Å². The van der Waals surface area contributed by atoms with Crippen LogP contribution in [0.1, 0.15) is 32.6 Å². The van der Waals surface area contributed by atoms with Crippen molar-refractivity contribution in [3.63, 3.8) is 0 Å². The van der Waals surface area contributed by atoms with Crippen molar-refractivity contribution in [3.05, 3.63) is 24.3 Å². The van der Waals surface area contributed by atoms with Crippen LogP contribution in [0, 0.1) is 5.92 Å². The van der Waals surface area contributed by atoms with Crippen molar-refractivity contribution < 1.29 is 19.1 Å². The Bertz CT molecular complexity index is 705. The monoisotopic (exact) mass is 345 g/mol. The van der Waals surface area contributed by atoms with Gasteiger partial charge in [0.15, 0.2) is 0 Å². The zero-order chi connectivity index (χ0) is 18.0. The number of methoxy groups -OCH3 is 1. The Hall–Kier alpha value is -2.57. The molecule has 0 aromatic heterocycles. The summed E-state index contributed by atoms with van der Waals surface area (Å²) in [7, 11) is 1.51. The molecule has 3 rings (SSSR count). The molecule has 1 saturated heterocycles. The third kappa shape index (κ3) is 3.06. The predicted octanol–water partition coefficient (Wildman–Crippen LogP) is 2.13. The summed E-state index contributed by atoms with van der Waals surface area (Å²) in [6.45, 7) is 1.67. The highest BCUT2D eigenvalue weighted by Crippen LogP contribution is 2.38. The van der Waals surface area contributed by atoms with Crippen LogP contribution >= 0.6 is 0 Å². The van der Waals surface area contributed by atoms with E-state index in [-0.39, 0.29) is 18.4 Å². The number of ether oxygens (including phenoxy) is 1. The van der Waals surface area contributed by atoms with E-state index < -0.39 is 17.5 Å². The summed E-state index contributed by atoms with van der Waals surface area (Å²) in [5.74, 6) is -0.140. The number of carbonyl (C=O) groups excluding carboxylic acids is 3.